The quantitative estimate of drug-likeness (QED) is 0.507. The Hall–Kier alpha value is -1.53. The highest BCUT2D eigenvalue weighted by Gasteiger charge is 2.21. The van der Waals surface area contributed by atoms with Crippen LogP contribution in [0.4, 0.5) is 0 Å². The Bertz CT molecular complexity index is 545. The summed E-state index contributed by atoms with van der Waals surface area (Å²) in [5.74, 6) is -0.310. The largest absolute Gasteiger partial charge is 0.480 e. The molecule has 2 rings (SSSR count). The lowest BCUT2D eigenvalue weighted by atomic mass is 10.2. The molecule has 5 nitrogen and oxygen atoms in total. The van der Waals surface area contributed by atoms with Gasteiger partial charge in [0.25, 0.3) is 5.91 Å². The summed E-state index contributed by atoms with van der Waals surface area (Å²) in [7, 11) is 0. The number of aliphatic carboxylic acids is 1. The van der Waals surface area contributed by atoms with Crippen molar-refractivity contribution >= 4 is 23.6 Å². The second-order valence-electron chi connectivity index (χ2n) is 5.72. The molecule has 1 aliphatic carbocycles. The lowest BCUT2D eigenvalue weighted by Crippen LogP contribution is -2.26. The number of hydrogen-bond donors (Lipinski definition) is 2. The normalized spacial score (nSPS) is 15.2. The van der Waals surface area contributed by atoms with Gasteiger partial charge in [0.05, 0.1) is 5.56 Å². The predicted molar refractivity (Wildman–Crippen MR) is 89.9 cm³/mol. The highest BCUT2D eigenvalue weighted by Crippen LogP contribution is 2.29. The van der Waals surface area contributed by atoms with Crippen LogP contribution in [0.1, 0.15) is 36.5 Å². The van der Waals surface area contributed by atoms with Crippen molar-refractivity contribution in [3.63, 3.8) is 0 Å². The number of carboxylic acids is 1. The van der Waals surface area contributed by atoms with E-state index in [2.05, 4.69) is 5.32 Å². The maximum Gasteiger partial charge on any atom is 0.316 e. The summed E-state index contributed by atoms with van der Waals surface area (Å²) in [6.45, 7) is 3.65. The van der Waals surface area contributed by atoms with Crippen LogP contribution in [-0.4, -0.2) is 42.0 Å². The SMILES string of the molecule is CC(Sc1ccccc1C(=O)NCCCOCC1CC1)C(=O)O. The fraction of sp³-hybridized carbons (Fsp3) is 0.529. The number of carbonyl (C=O) groups is 2. The smallest absolute Gasteiger partial charge is 0.316 e. The van der Waals surface area contributed by atoms with E-state index in [1.807, 2.05) is 0 Å². The minimum Gasteiger partial charge on any atom is -0.480 e. The van der Waals surface area contributed by atoms with Crippen LogP contribution in [0, 0.1) is 5.92 Å². The molecule has 6 heteroatoms. The summed E-state index contributed by atoms with van der Waals surface area (Å²) in [6, 6.07) is 7.08. The third-order valence-electron chi connectivity index (χ3n) is 3.58. The molecule has 1 fully saturated rings. The average molecular weight is 337 g/mol. The predicted octanol–water partition coefficient (Wildman–Crippen LogP) is 2.80. The number of thioether (sulfide) groups is 1. The van der Waals surface area contributed by atoms with Gasteiger partial charge in [-0.3, -0.25) is 9.59 Å². The molecular weight excluding hydrogens is 314 g/mol. The lowest BCUT2D eigenvalue weighted by molar-refractivity contribution is -0.136. The van der Waals surface area contributed by atoms with Crippen LogP contribution >= 0.6 is 11.8 Å². The topological polar surface area (TPSA) is 75.6 Å². The molecule has 1 amide bonds. The van der Waals surface area contributed by atoms with E-state index in [1.54, 1.807) is 31.2 Å². The molecular formula is C17H23NO4S. The van der Waals surface area contributed by atoms with Gasteiger partial charge in [0.2, 0.25) is 0 Å². The van der Waals surface area contributed by atoms with E-state index >= 15 is 0 Å². The van der Waals surface area contributed by atoms with Crippen molar-refractivity contribution in [3.05, 3.63) is 29.8 Å². The highest BCUT2D eigenvalue weighted by atomic mass is 32.2. The molecule has 23 heavy (non-hydrogen) atoms. The third-order valence-corrected chi connectivity index (χ3v) is 4.75. The first-order valence-electron chi connectivity index (χ1n) is 7.92. The van der Waals surface area contributed by atoms with Crippen LogP contribution in [0.15, 0.2) is 29.2 Å². The number of rotatable bonds is 10. The number of hydrogen-bond acceptors (Lipinski definition) is 4. The van der Waals surface area contributed by atoms with Gasteiger partial charge in [0.15, 0.2) is 0 Å². The first-order chi connectivity index (χ1) is 11.1. The molecule has 1 atom stereocenters. The minimum absolute atomic E-state index is 0.173. The first kappa shape index (κ1) is 17.8. The molecule has 126 valence electrons. The molecule has 2 N–H and O–H groups in total. The molecule has 0 saturated heterocycles. The molecule has 0 aliphatic heterocycles. The summed E-state index contributed by atoms with van der Waals surface area (Å²) in [5.41, 5.74) is 0.518. The van der Waals surface area contributed by atoms with Gasteiger partial charge < -0.3 is 15.2 Å². The molecule has 1 aromatic carbocycles. The van der Waals surface area contributed by atoms with Crippen LogP contribution in [-0.2, 0) is 9.53 Å². The van der Waals surface area contributed by atoms with E-state index in [9.17, 15) is 9.59 Å². The molecule has 1 aliphatic rings. The second kappa shape index (κ2) is 8.93. The lowest BCUT2D eigenvalue weighted by Gasteiger charge is -2.12. The van der Waals surface area contributed by atoms with Gasteiger partial charge in [-0.2, -0.15) is 0 Å². The summed E-state index contributed by atoms with van der Waals surface area (Å²) in [6.07, 6.45) is 3.33. The summed E-state index contributed by atoms with van der Waals surface area (Å²) < 4.78 is 5.53. The van der Waals surface area contributed by atoms with Gasteiger partial charge in [0, 0.05) is 24.7 Å². The maximum atomic E-state index is 12.3. The Kier molecular flexibility index (Phi) is 6.92. The fourth-order valence-corrected chi connectivity index (χ4v) is 2.93. The van der Waals surface area contributed by atoms with Crippen molar-refractivity contribution in [2.45, 2.75) is 36.3 Å². The van der Waals surface area contributed by atoms with E-state index in [0.29, 0.717) is 23.6 Å². The van der Waals surface area contributed by atoms with Gasteiger partial charge in [-0.25, -0.2) is 0 Å². The van der Waals surface area contributed by atoms with E-state index < -0.39 is 11.2 Å². The van der Waals surface area contributed by atoms with Gasteiger partial charge in [-0.05, 0) is 44.2 Å². The average Bonchev–Trinajstić information content (AvgIpc) is 3.35. The number of ether oxygens (including phenoxy) is 1. The van der Waals surface area contributed by atoms with Crippen LogP contribution in [0.25, 0.3) is 0 Å². The zero-order valence-electron chi connectivity index (χ0n) is 13.3. The second-order valence-corrected chi connectivity index (χ2v) is 7.10. The van der Waals surface area contributed by atoms with Gasteiger partial charge in [-0.15, -0.1) is 11.8 Å². The fourth-order valence-electron chi connectivity index (χ4n) is 2.00. The van der Waals surface area contributed by atoms with Gasteiger partial charge >= 0.3 is 5.97 Å². The zero-order valence-corrected chi connectivity index (χ0v) is 14.1. The van der Waals surface area contributed by atoms with E-state index in [4.69, 9.17) is 9.84 Å². The van der Waals surface area contributed by atoms with E-state index in [0.717, 1.165) is 18.9 Å². The standard InChI is InChI=1S/C17H23NO4S/c1-12(17(20)21)23-15-6-3-2-5-14(15)16(19)18-9-4-10-22-11-13-7-8-13/h2-3,5-6,12-13H,4,7-11H2,1H3,(H,18,19)(H,20,21). The zero-order chi connectivity index (χ0) is 16.7. The van der Waals surface area contributed by atoms with Crippen molar-refractivity contribution < 1.29 is 19.4 Å². The van der Waals surface area contributed by atoms with Crippen molar-refractivity contribution in [2.75, 3.05) is 19.8 Å². The van der Waals surface area contributed by atoms with Crippen LogP contribution in [0.3, 0.4) is 0 Å². The minimum atomic E-state index is -0.891. The molecule has 0 spiro atoms. The Labute approximate surface area is 140 Å². The van der Waals surface area contributed by atoms with Crippen LogP contribution < -0.4 is 5.32 Å². The molecule has 0 radical (unpaired) electrons. The van der Waals surface area contributed by atoms with Crippen molar-refractivity contribution in [1.82, 2.24) is 5.32 Å². The molecule has 0 bridgehead atoms. The van der Waals surface area contributed by atoms with Crippen molar-refractivity contribution in [1.29, 1.82) is 0 Å². The summed E-state index contributed by atoms with van der Waals surface area (Å²) >= 11 is 1.18. The summed E-state index contributed by atoms with van der Waals surface area (Å²) in [5, 5.41) is 11.3. The van der Waals surface area contributed by atoms with Crippen LogP contribution in [0.2, 0.25) is 0 Å². The monoisotopic (exact) mass is 337 g/mol. The van der Waals surface area contributed by atoms with E-state index in [-0.39, 0.29) is 5.91 Å². The number of carbonyl (C=O) groups excluding carboxylic acids is 1. The Morgan fingerprint density at radius 3 is 2.83 bits per heavy atom. The molecule has 1 saturated carbocycles. The number of benzene rings is 1. The molecule has 0 heterocycles. The number of nitrogens with one attached hydrogen (secondary N) is 1. The van der Waals surface area contributed by atoms with Crippen LogP contribution in [0.5, 0.6) is 0 Å². The number of carboxylic acid groups (broad SMARTS) is 1. The molecule has 1 aromatic rings. The van der Waals surface area contributed by atoms with Gasteiger partial charge in [0.1, 0.15) is 5.25 Å². The Morgan fingerprint density at radius 1 is 1.39 bits per heavy atom. The Morgan fingerprint density at radius 2 is 2.13 bits per heavy atom. The van der Waals surface area contributed by atoms with Crippen molar-refractivity contribution in [2.24, 2.45) is 5.92 Å². The Balaban J connectivity index is 1.77. The highest BCUT2D eigenvalue weighted by molar-refractivity contribution is 8.00. The molecule has 1 unspecified atom stereocenters. The third kappa shape index (κ3) is 6.23. The number of amides is 1. The first-order valence-corrected chi connectivity index (χ1v) is 8.80. The van der Waals surface area contributed by atoms with Gasteiger partial charge in [-0.1, -0.05) is 12.1 Å². The van der Waals surface area contributed by atoms with Crippen molar-refractivity contribution in [3.8, 4) is 0 Å². The van der Waals surface area contributed by atoms with E-state index in [1.165, 1.54) is 24.6 Å². The molecule has 0 aromatic heterocycles. The summed E-state index contributed by atoms with van der Waals surface area (Å²) in [4.78, 5) is 23.9. The maximum absolute atomic E-state index is 12.3.